The van der Waals surface area contributed by atoms with Gasteiger partial charge in [0.15, 0.2) is 0 Å². The molecule has 0 aromatic heterocycles. The third kappa shape index (κ3) is 2.85. The number of amides is 1. The number of nitrogen functional groups attached to an aromatic ring is 1. The van der Waals surface area contributed by atoms with Crippen LogP contribution in [0, 0.1) is 0 Å². The predicted octanol–water partition coefficient (Wildman–Crippen LogP) is 1.63. The van der Waals surface area contributed by atoms with Crippen LogP contribution in [-0.4, -0.2) is 36.0 Å². The smallest absolute Gasteiger partial charge is 0.244 e. The molecule has 4 heteroatoms. The first-order chi connectivity index (χ1) is 9.72. The van der Waals surface area contributed by atoms with E-state index in [-0.39, 0.29) is 5.91 Å². The third-order valence-electron chi connectivity index (χ3n) is 4.30. The third-order valence-corrected chi connectivity index (χ3v) is 4.30. The average Bonchev–Trinajstić information content (AvgIpc) is 3.03. The molecule has 2 atom stereocenters. The van der Waals surface area contributed by atoms with Crippen LogP contribution in [0.25, 0.3) is 6.08 Å². The second kappa shape index (κ2) is 5.67. The topological polar surface area (TPSA) is 58.4 Å². The number of anilines is 1. The van der Waals surface area contributed by atoms with Gasteiger partial charge in [0.05, 0.1) is 0 Å². The normalized spacial score (nSPS) is 26.0. The number of rotatable bonds is 3. The lowest BCUT2D eigenvalue weighted by atomic mass is 10.1. The molecule has 2 saturated heterocycles. The highest BCUT2D eigenvalue weighted by Gasteiger charge is 2.37. The van der Waals surface area contributed by atoms with E-state index in [2.05, 4.69) is 10.2 Å². The van der Waals surface area contributed by atoms with E-state index in [4.69, 9.17) is 5.73 Å². The summed E-state index contributed by atoms with van der Waals surface area (Å²) >= 11 is 0. The molecule has 2 fully saturated rings. The minimum Gasteiger partial charge on any atom is -0.399 e. The number of hydrogen-bond donors (Lipinski definition) is 2. The molecule has 1 aromatic rings. The molecule has 4 nitrogen and oxygen atoms in total. The van der Waals surface area contributed by atoms with Gasteiger partial charge in [-0.15, -0.1) is 0 Å². The van der Waals surface area contributed by atoms with Crippen LogP contribution in [0.5, 0.6) is 0 Å². The van der Waals surface area contributed by atoms with Crippen LogP contribution >= 0.6 is 0 Å². The molecule has 0 bridgehead atoms. The summed E-state index contributed by atoms with van der Waals surface area (Å²) in [7, 11) is 0. The van der Waals surface area contributed by atoms with Crippen LogP contribution in [0.4, 0.5) is 5.69 Å². The molecule has 2 aliphatic rings. The maximum Gasteiger partial charge on any atom is 0.244 e. The first-order valence-electron chi connectivity index (χ1n) is 7.30. The lowest BCUT2D eigenvalue weighted by molar-refractivity contribution is -0.117. The van der Waals surface area contributed by atoms with Crippen molar-refractivity contribution in [1.82, 2.24) is 10.2 Å². The molecule has 0 saturated carbocycles. The summed E-state index contributed by atoms with van der Waals surface area (Å²) in [5, 5.41) is 3.14. The van der Waals surface area contributed by atoms with Crippen molar-refractivity contribution in [2.75, 3.05) is 18.8 Å². The summed E-state index contributed by atoms with van der Waals surface area (Å²) in [5.74, 6) is 0.000532. The van der Waals surface area contributed by atoms with Gasteiger partial charge in [-0.3, -0.25) is 9.69 Å². The molecular weight excluding hydrogens is 250 g/mol. The Balaban J connectivity index is 1.55. The highest BCUT2D eigenvalue weighted by molar-refractivity contribution is 5.92. The van der Waals surface area contributed by atoms with Crippen molar-refractivity contribution >= 4 is 17.7 Å². The van der Waals surface area contributed by atoms with E-state index in [0.717, 1.165) is 24.2 Å². The van der Waals surface area contributed by atoms with Crippen LogP contribution in [0.15, 0.2) is 30.3 Å². The minimum atomic E-state index is 0.000532. The molecule has 0 aliphatic carbocycles. The second-order valence-corrected chi connectivity index (χ2v) is 5.65. The highest BCUT2D eigenvalue weighted by atomic mass is 16.1. The number of carbonyl (C=O) groups excluding carboxylic acids is 1. The Morgan fingerprint density at radius 3 is 2.85 bits per heavy atom. The van der Waals surface area contributed by atoms with Gasteiger partial charge in [0, 0.05) is 30.4 Å². The maximum absolute atomic E-state index is 12.0. The van der Waals surface area contributed by atoms with E-state index in [1.165, 1.54) is 19.4 Å². The summed E-state index contributed by atoms with van der Waals surface area (Å²) in [6, 6.07) is 8.38. The van der Waals surface area contributed by atoms with E-state index < -0.39 is 0 Å². The van der Waals surface area contributed by atoms with Gasteiger partial charge in [-0.25, -0.2) is 0 Å². The van der Waals surface area contributed by atoms with Crippen molar-refractivity contribution in [3.63, 3.8) is 0 Å². The SMILES string of the molecule is Nc1ccc(/C=C/C(=O)NC2CCN3CCCC23)cc1. The molecular formula is C16H21N3O. The molecule has 2 heterocycles. The van der Waals surface area contributed by atoms with Crippen LogP contribution < -0.4 is 11.1 Å². The van der Waals surface area contributed by atoms with Crippen molar-refractivity contribution in [2.24, 2.45) is 0 Å². The Kier molecular flexibility index (Phi) is 3.74. The van der Waals surface area contributed by atoms with Crippen LogP contribution in [0.1, 0.15) is 24.8 Å². The number of carbonyl (C=O) groups is 1. The monoisotopic (exact) mass is 271 g/mol. The highest BCUT2D eigenvalue weighted by Crippen LogP contribution is 2.27. The molecule has 3 N–H and O–H groups in total. The van der Waals surface area contributed by atoms with Gasteiger partial charge >= 0.3 is 0 Å². The second-order valence-electron chi connectivity index (χ2n) is 5.65. The Morgan fingerprint density at radius 2 is 2.05 bits per heavy atom. The molecule has 0 radical (unpaired) electrons. The number of fused-ring (bicyclic) bond motifs is 1. The van der Waals surface area contributed by atoms with Gasteiger partial charge in [0.2, 0.25) is 5.91 Å². The molecule has 2 aliphatic heterocycles. The van der Waals surface area contributed by atoms with Gasteiger partial charge in [-0.1, -0.05) is 12.1 Å². The van der Waals surface area contributed by atoms with Crippen molar-refractivity contribution < 1.29 is 4.79 Å². The first-order valence-corrected chi connectivity index (χ1v) is 7.30. The van der Waals surface area contributed by atoms with Gasteiger partial charge in [-0.2, -0.15) is 0 Å². The quantitative estimate of drug-likeness (QED) is 0.649. The minimum absolute atomic E-state index is 0.000532. The molecule has 20 heavy (non-hydrogen) atoms. The summed E-state index contributed by atoms with van der Waals surface area (Å²) in [6.45, 7) is 2.32. The molecule has 106 valence electrons. The lowest BCUT2D eigenvalue weighted by Gasteiger charge is -2.20. The zero-order valence-corrected chi connectivity index (χ0v) is 11.6. The number of nitrogens with two attached hydrogens (primary N) is 1. The van der Waals surface area contributed by atoms with Gasteiger partial charge in [0.1, 0.15) is 0 Å². The van der Waals surface area contributed by atoms with E-state index in [1.54, 1.807) is 6.08 Å². The summed E-state index contributed by atoms with van der Waals surface area (Å²) in [5.41, 5.74) is 7.36. The fourth-order valence-electron chi connectivity index (χ4n) is 3.26. The molecule has 2 unspecified atom stereocenters. The van der Waals surface area contributed by atoms with E-state index >= 15 is 0 Å². The maximum atomic E-state index is 12.0. The van der Waals surface area contributed by atoms with Crippen molar-refractivity contribution in [1.29, 1.82) is 0 Å². The number of benzene rings is 1. The first kappa shape index (κ1) is 13.2. The van der Waals surface area contributed by atoms with Gasteiger partial charge in [-0.05, 0) is 49.6 Å². The van der Waals surface area contributed by atoms with Gasteiger partial charge < -0.3 is 11.1 Å². The zero-order chi connectivity index (χ0) is 13.9. The van der Waals surface area contributed by atoms with Crippen LogP contribution in [-0.2, 0) is 4.79 Å². The van der Waals surface area contributed by atoms with Crippen LogP contribution in [0.3, 0.4) is 0 Å². The predicted molar refractivity (Wildman–Crippen MR) is 81.0 cm³/mol. The number of nitrogens with zero attached hydrogens (tertiary/aromatic N) is 1. The molecule has 1 amide bonds. The Morgan fingerprint density at radius 1 is 1.25 bits per heavy atom. The number of hydrogen-bond acceptors (Lipinski definition) is 3. The van der Waals surface area contributed by atoms with Crippen molar-refractivity contribution in [3.05, 3.63) is 35.9 Å². The van der Waals surface area contributed by atoms with Gasteiger partial charge in [0.25, 0.3) is 0 Å². The molecule has 0 spiro atoms. The van der Waals surface area contributed by atoms with E-state index in [1.807, 2.05) is 30.3 Å². The number of nitrogens with one attached hydrogen (secondary N) is 1. The van der Waals surface area contributed by atoms with Crippen molar-refractivity contribution in [3.8, 4) is 0 Å². The largest absolute Gasteiger partial charge is 0.399 e. The average molecular weight is 271 g/mol. The summed E-state index contributed by atoms with van der Waals surface area (Å²) < 4.78 is 0. The standard InChI is InChI=1S/C16H21N3O/c17-13-6-3-12(4-7-13)5-8-16(20)18-14-9-11-19-10-1-2-15(14)19/h3-8,14-15H,1-2,9-11,17H2,(H,18,20)/b8-5+. The summed E-state index contributed by atoms with van der Waals surface area (Å²) in [6.07, 6.45) is 7.00. The Bertz CT molecular complexity index is 509. The van der Waals surface area contributed by atoms with Crippen molar-refractivity contribution in [2.45, 2.75) is 31.3 Å². The fourth-order valence-corrected chi connectivity index (χ4v) is 3.26. The van der Waals surface area contributed by atoms with E-state index in [0.29, 0.717) is 12.1 Å². The summed E-state index contributed by atoms with van der Waals surface area (Å²) in [4.78, 5) is 14.5. The Hall–Kier alpha value is -1.81. The lowest BCUT2D eigenvalue weighted by Crippen LogP contribution is -2.41. The fraction of sp³-hybridized carbons (Fsp3) is 0.438. The molecule has 1 aromatic carbocycles. The Labute approximate surface area is 119 Å². The van der Waals surface area contributed by atoms with E-state index in [9.17, 15) is 4.79 Å². The van der Waals surface area contributed by atoms with Crippen LogP contribution in [0.2, 0.25) is 0 Å². The molecule has 3 rings (SSSR count). The zero-order valence-electron chi connectivity index (χ0n) is 11.6.